The molecule has 0 spiro atoms. The molecule has 0 aliphatic rings. The van der Waals surface area contributed by atoms with Gasteiger partial charge in [0.25, 0.3) is 0 Å². The van der Waals surface area contributed by atoms with Crippen LogP contribution in [0.5, 0.6) is 0 Å². The van der Waals surface area contributed by atoms with E-state index >= 15 is 0 Å². The van der Waals surface area contributed by atoms with Gasteiger partial charge in [-0.15, -0.1) is 0 Å². The van der Waals surface area contributed by atoms with E-state index in [9.17, 15) is 0 Å². The van der Waals surface area contributed by atoms with Crippen molar-refractivity contribution in [3.8, 4) is 68.3 Å². The van der Waals surface area contributed by atoms with Gasteiger partial charge < -0.3 is 4.42 Å². The smallest absolute Gasteiger partial charge is 0.167 e. The molecule has 0 N–H and O–H groups in total. The summed E-state index contributed by atoms with van der Waals surface area (Å²) in [6.45, 7) is 0. The van der Waals surface area contributed by atoms with Gasteiger partial charge in [-0.25, -0.2) is 29.9 Å². The third kappa shape index (κ3) is 5.29. The molecule has 6 aromatic carbocycles. The minimum Gasteiger partial charge on any atom is -0.455 e. The molecule has 0 fully saturated rings. The lowest BCUT2D eigenvalue weighted by molar-refractivity contribution is 0.669. The van der Waals surface area contributed by atoms with E-state index < -0.39 is 0 Å². The lowest BCUT2D eigenvalue weighted by atomic mass is 10.0. The number of fused-ring (bicyclic) bond motifs is 3. The summed E-state index contributed by atoms with van der Waals surface area (Å²) in [6.07, 6.45) is 0. The maximum absolute atomic E-state index is 6.65. The molecular formula is C42H26N6O. The standard InChI is InChI=1S/C42H26N6O/c1-5-15-27(16-6-1)37-43-38(28-17-7-2-8-18-28)46-41(45-37)32-24-14-26-34-35(32)31-23-13-25-33(36(31)49-34)42-47-39(29-19-9-3-10-20-29)44-40(48-42)30-21-11-4-12-22-30/h1-26H. The van der Waals surface area contributed by atoms with Gasteiger partial charge in [0, 0.05) is 38.6 Å². The van der Waals surface area contributed by atoms with Crippen LogP contribution in [0.2, 0.25) is 0 Å². The molecule has 0 aliphatic heterocycles. The molecule has 3 heterocycles. The van der Waals surface area contributed by atoms with Crippen LogP contribution in [-0.4, -0.2) is 29.9 Å². The van der Waals surface area contributed by atoms with E-state index in [1.807, 2.05) is 152 Å². The molecule has 9 aromatic rings. The summed E-state index contributed by atoms with van der Waals surface area (Å²) in [6, 6.07) is 51.9. The number of hydrogen-bond acceptors (Lipinski definition) is 7. The van der Waals surface area contributed by atoms with Gasteiger partial charge >= 0.3 is 0 Å². The lowest BCUT2D eigenvalue weighted by Crippen LogP contribution is -2.00. The van der Waals surface area contributed by atoms with Crippen molar-refractivity contribution in [2.75, 3.05) is 0 Å². The molecule has 0 bridgehead atoms. The molecule has 7 nitrogen and oxygen atoms in total. The van der Waals surface area contributed by atoms with Crippen molar-refractivity contribution in [2.45, 2.75) is 0 Å². The zero-order valence-corrected chi connectivity index (χ0v) is 26.1. The molecular weight excluding hydrogens is 605 g/mol. The molecule has 0 saturated carbocycles. The summed E-state index contributed by atoms with van der Waals surface area (Å²) in [7, 11) is 0. The first-order chi connectivity index (χ1) is 24.3. The number of aromatic nitrogens is 6. The van der Waals surface area contributed by atoms with Crippen LogP contribution in [0, 0.1) is 0 Å². The molecule has 49 heavy (non-hydrogen) atoms. The number of furan rings is 1. The number of rotatable bonds is 6. The molecule has 0 radical (unpaired) electrons. The Morgan fingerprint density at radius 1 is 0.306 bits per heavy atom. The Morgan fingerprint density at radius 2 is 0.673 bits per heavy atom. The molecule has 230 valence electrons. The van der Waals surface area contributed by atoms with Crippen molar-refractivity contribution >= 4 is 21.9 Å². The van der Waals surface area contributed by atoms with Gasteiger partial charge in [-0.1, -0.05) is 146 Å². The highest BCUT2D eigenvalue weighted by Gasteiger charge is 2.21. The highest BCUT2D eigenvalue weighted by Crippen LogP contribution is 2.40. The molecule has 3 aromatic heterocycles. The molecule has 0 unspecified atom stereocenters. The van der Waals surface area contributed by atoms with E-state index in [0.29, 0.717) is 46.1 Å². The molecule has 0 saturated heterocycles. The van der Waals surface area contributed by atoms with Crippen LogP contribution < -0.4 is 0 Å². The van der Waals surface area contributed by atoms with Crippen molar-refractivity contribution in [2.24, 2.45) is 0 Å². The molecule has 9 rings (SSSR count). The van der Waals surface area contributed by atoms with Gasteiger partial charge in [0.2, 0.25) is 0 Å². The number of para-hydroxylation sites is 1. The average molecular weight is 631 g/mol. The Balaban J connectivity index is 1.26. The Hall–Kier alpha value is -6.86. The molecule has 0 atom stereocenters. The van der Waals surface area contributed by atoms with Gasteiger partial charge in [-0.3, -0.25) is 0 Å². The fourth-order valence-corrected chi connectivity index (χ4v) is 6.07. The van der Waals surface area contributed by atoms with Crippen LogP contribution in [0.3, 0.4) is 0 Å². The number of benzene rings is 6. The van der Waals surface area contributed by atoms with E-state index in [-0.39, 0.29) is 0 Å². The molecule has 7 heteroatoms. The van der Waals surface area contributed by atoms with Crippen molar-refractivity contribution in [1.29, 1.82) is 0 Å². The van der Waals surface area contributed by atoms with E-state index in [2.05, 4.69) is 6.07 Å². The van der Waals surface area contributed by atoms with Gasteiger partial charge in [-0.2, -0.15) is 0 Å². The van der Waals surface area contributed by atoms with Crippen molar-refractivity contribution in [1.82, 2.24) is 29.9 Å². The summed E-state index contributed by atoms with van der Waals surface area (Å²) in [5, 5.41) is 1.82. The van der Waals surface area contributed by atoms with Crippen LogP contribution in [0.15, 0.2) is 162 Å². The number of nitrogens with zero attached hydrogens (tertiary/aromatic N) is 6. The second kappa shape index (κ2) is 12.1. The predicted molar refractivity (Wildman–Crippen MR) is 193 cm³/mol. The quantitative estimate of drug-likeness (QED) is 0.181. The zero-order valence-electron chi connectivity index (χ0n) is 26.1. The van der Waals surface area contributed by atoms with Crippen molar-refractivity contribution < 1.29 is 4.42 Å². The van der Waals surface area contributed by atoms with E-state index in [0.717, 1.165) is 44.2 Å². The Kier molecular flexibility index (Phi) is 6.98. The van der Waals surface area contributed by atoms with Gasteiger partial charge in [0.05, 0.1) is 5.56 Å². The van der Waals surface area contributed by atoms with Gasteiger partial charge in [0.15, 0.2) is 34.9 Å². The van der Waals surface area contributed by atoms with Gasteiger partial charge in [0.1, 0.15) is 11.2 Å². The summed E-state index contributed by atoms with van der Waals surface area (Å²) in [5.74, 6) is 3.46. The fraction of sp³-hybridized carbons (Fsp3) is 0. The zero-order chi connectivity index (χ0) is 32.6. The minimum absolute atomic E-state index is 0.525. The van der Waals surface area contributed by atoms with Crippen LogP contribution in [0.1, 0.15) is 0 Å². The Labute approximate surface area is 281 Å². The lowest BCUT2D eigenvalue weighted by Gasteiger charge is -2.09. The second-order valence-corrected chi connectivity index (χ2v) is 11.5. The number of hydrogen-bond donors (Lipinski definition) is 0. The largest absolute Gasteiger partial charge is 0.455 e. The summed E-state index contributed by atoms with van der Waals surface area (Å²) >= 11 is 0. The highest BCUT2D eigenvalue weighted by molar-refractivity contribution is 6.14. The predicted octanol–water partition coefficient (Wildman–Crippen LogP) is 9.96. The van der Waals surface area contributed by atoms with Crippen molar-refractivity contribution in [3.63, 3.8) is 0 Å². The van der Waals surface area contributed by atoms with Crippen LogP contribution in [0.25, 0.3) is 90.3 Å². The fourth-order valence-electron chi connectivity index (χ4n) is 6.07. The monoisotopic (exact) mass is 630 g/mol. The van der Waals surface area contributed by atoms with E-state index in [1.54, 1.807) is 0 Å². The normalized spacial score (nSPS) is 11.3. The first-order valence-electron chi connectivity index (χ1n) is 16.0. The van der Waals surface area contributed by atoms with E-state index in [1.165, 1.54) is 0 Å². The summed E-state index contributed by atoms with van der Waals surface area (Å²) in [5.41, 5.74) is 6.62. The maximum Gasteiger partial charge on any atom is 0.167 e. The summed E-state index contributed by atoms with van der Waals surface area (Å²) < 4.78 is 6.65. The van der Waals surface area contributed by atoms with Crippen molar-refractivity contribution in [3.05, 3.63) is 158 Å². The minimum atomic E-state index is 0.525. The summed E-state index contributed by atoms with van der Waals surface area (Å²) in [4.78, 5) is 29.7. The Morgan fingerprint density at radius 3 is 1.12 bits per heavy atom. The maximum atomic E-state index is 6.65. The average Bonchev–Trinajstić information content (AvgIpc) is 3.58. The third-order valence-electron chi connectivity index (χ3n) is 8.40. The molecule has 0 amide bonds. The molecule has 0 aliphatic carbocycles. The third-order valence-corrected chi connectivity index (χ3v) is 8.40. The highest BCUT2D eigenvalue weighted by atomic mass is 16.3. The van der Waals surface area contributed by atoms with Crippen LogP contribution in [0.4, 0.5) is 0 Å². The Bertz CT molecular complexity index is 2470. The van der Waals surface area contributed by atoms with E-state index in [4.69, 9.17) is 34.3 Å². The van der Waals surface area contributed by atoms with Gasteiger partial charge in [-0.05, 0) is 12.1 Å². The first kappa shape index (κ1) is 28.4. The van der Waals surface area contributed by atoms with Crippen LogP contribution in [-0.2, 0) is 0 Å². The van der Waals surface area contributed by atoms with Crippen LogP contribution >= 0.6 is 0 Å². The SMILES string of the molecule is c1ccc(-c2nc(-c3ccccc3)nc(-c3cccc4c3oc3cccc(-c5nc(-c6ccccc6)nc(-c6ccccc6)n5)c34)n2)cc1. The topological polar surface area (TPSA) is 90.5 Å². The first-order valence-corrected chi connectivity index (χ1v) is 16.0. The second-order valence-electron chi connectivity index (χ2n) is 11.5.